The molecule has 0 amide bonds. The van der Waals surface area contributed by atoms with Crippen LogP contribution in [0, 0.1) is 18.6 Å². The van der Waals surface area contributed by atoms with Gasteiger partial charge in [0, 0.05) is 12.5 Å². The topological polar surface area (TPSA) is 80.5 Å². The minimum atomic E-state index is -0.529. The minimum absolute atomic E-state index is 0.117. The number of aromatic nitrogens is 2. The fourth-order valence-electron chi connectivity index (χ4n) is 2.16. The summed E-state index contributed by atoms with van der Waals surface area (Å²) in [6.45, 7) is 2.20. The molecule has 0 bridgehead atoms. The molecule has 9 heteroatoms. The molecule has 2 N–H and O–H groups in total. The van der Waals surface area contributed by atoms with Gasteiger partial charge in [-0.2, -0.15) is 5.10 Å². The van der Waals surface area contributed by atoms with Crippen molar-refractivity contribution in [1.82, 2.24) is 10.2 Å². The van der Waals surface area contributed by atoms with E-state index < -0.39 is 11.6 Å². The third-order valence-electron chi connectivity index (χ3n) is 3.24. The molecule has 0 spiro atoms. The van der Waals surface area contributed by atoms with Crippen LogP contribution >= 0.6 is 11.8 Å². The average molecular weight is 339 g/mol. The smallest absolute Gasteiger partial charge is 0.340 e. The van der Waals surface area contributed by atoms with Crippen LogP contribution in [0.25, 0.3) is 0 Å². The highest BCUT2D eigenvalue weighted by Gasteiger charge is 2.33. The van der Waals surface area contributed by atoms with Gasteiger partial charge in [0.1, 0.15) is 22.1 Å². The zero-order valence-corrected chi connectivity index (χ0v) is 13.2. The minimum Gasteiger partial charge on any atom is -0.407 e. The molecule has 1 aromatic carbocycles. The fourth-order valence-corrected chi connectivity index (χ4v) is 3.36. The van der Waals surface area contributed by atoms with Gasteiger partial charge >= 0.3 is 6.01 Å². The van der Waals surface area contributed by atoms with Gasteiger partial charge in [-0.05, 0) is 37.6 Å². The van der Waals surface area contributed by atoms with Gasteiger partial charge in [0.15, 0.2) is 0 Å². The summed E-state index contributed by atoms with van der Waals surface area (Å²) in [4.78, 5) is 0. The van der Waals surface area contributed by atoms with Crippen LogP contribution in [0.5, 0.6) is 0 Å². The number of anilines is 1. The van der Waals surface area contributed by atoms with E-state index in [0.717, 1.165) is 24.6 Å². The van der Waals surface area contributed by atoms with E-state index in [0.29, 0.717) is 23.9 Å². The number of thioether (sulfide) groups is 1. The number of nitrogens with two attached hydrogens (primary N) is 1. The maximum absolute atomic E-state index is 14.0. The van der Waals surface area contributed by atoms with Crippen molar-refractivity contribution in [3.63, 3.8) is 0 Å². The van der Waals surface area contributed by atoms with Gasteiger partial charge in [-0.1, -0.05) is 16.9 Å². The van der Waals surface area contributed by atoms with Gasteiger partial charge in [0.2, 0.25) is 5.89 Å². The van der Waals surface area contributed by atoms with Gasteiger partial charge in [-0.25, -0.2) is 13.8 Å². The van der Waals surface area contributed by atoms with Crippen LogP contribution in [-0.2, 0) is 0 Å². The second-order valence-electron chi connectivity index (χ2n) is 4.98. The van der Waals surface area contributed by atoms with Crippen molar-refractivity contribution in [2.24, 2.45) is 10.8 Å². The highest BCUT2D eigenvalue weighted by atomic mass is 32.2. The van der Waals surface area contributed by atoms with E-state index >= 15 is 0 Å². The first-order valence-electron chi connectivity index (χ1n) is 7.08. The van der Waals surface area contributed by atoms with Crippen LogP contribution in [0.15, 0.2) is 27.7 Å². The lowest BCUT2D eigenvalue weighted by atomic mass is 10.2. The first kappa shape index (κ1) is 15.9. The number of rotatable bonds is 5. The number of hydrogen-bond donors (Lipinski definition) is 1. The quantitative estimate of drug-likeness (QED) is 0.902. The van der Waals surface area contributed by atoms with Crippen molar-refractivity contribution in [3.05, 3.63) is 41.3 Å². The summed E-state index contributed by atoms with van der Waals surface area (Å²) >= 11 is 1.32. The molecule has 3 rings (SSSR count). The number of halogens is 2. The zero-order chi connectivity index (χ0) is 16.4. The monoisotopic (exact) mass is 339 g/mol. The van der Waals surface area contributed by atoms with Crippen LogP contribution < -0.4 is 10.7 Å². The van der Waals surface area contributed by atoms with E-state index in [1.165, 1.54) is 11.8 Å². The van der Waals surface area contributed by atoms with Gasteiger partial charge < -0.3 is 10.2 Å². The molecule has 6 nitrogen and oxygen atoms in total. The van der Waals surface area contributed by atoms with Gasteiger partial charge in [0.25, 0.3) is 0 Å². The van der Waals surface area contributed by atoms with E-state index in [4.69, 9.17) is 10.2 Å². The third kappa shape index (κ3) is 3.35. The van der Waals surface area contributed by atoms with Crippen molar-refractivity contribution < 1.29 is 13.2 Å². The lowest BCUT2D eigenvalue weighted by molar-refractivity contribution is 0.498. The van der Waals surface area contributed by atoms with E-state index in [1.807, 2.05) is 0 Å². The second-order valence-corrected chi connectivity index (χ2v) is 6.15. The molecule has 1 aliphatic rings. The van der Waals surface area contributed by atoms with E-state index in [-0.39, 0.29) is 17.0 Å². The number of hydrogen-bond acceptors (Lipinski definition) is 7. The van der Waals surface area contributed by atoms with Crippen LogP contribution in [0.1, 0.15) is 24.3 Å². The summed E-state index contributed by atoms with van der Waals surface area (Å²) in [6.07, 6.45) is 1.46. The lowest BCUT2D eigenvalue weighted by Crippen LogP contribution is -2.24. The lowest BCUT2D eigenvalue weighted by Gasteiger charge is -2.17. The molecule has 1 unspecified atom stereocenters. The molecule has 1 atom stereocenters. The Hall–Kier alpha value is -2.00. The summed E-state index contributed by atoms with van der Waals surface area (Å²) in [5.74, 6) is -0.641. The Kier molecular flexibility index (Phi) is 4.58. The van der Waals surface area contributed by atoms with Gasteiger partial charge in [0.05, 0.1) is 0 Å². The Labute approximate surface area is 135 Å². The highest BCUT2D eigenvalue weighted by Crippen LogP contribution is 2.36. The number of aryl methyl sites for hydroxylation is 1. The Morgan fingerprint density at radius 3 is 2.87 bits per heavy atom. The number of nitrogens with zero attached hydrogens (tertiary/aromatic N) is 4. The number of benzene rings is 1. The standard InChI is InChI=1S/C14H15F2N5OS/c1-8-18-19-14(22-8)21-12(3-2-6-17)23-13(20-21)10-7-9(15)4-5-11(10)16/h4-5,7,12H,2-3,6,17H2,1H3. The predicted molar refractivity (Wildman–Crippen MR) is 84.1 cm³/mol. The first-order chi connectivity index (χ1) is 11.1. The summed E-state index contributed by atoms with van der Waals surface area (Å²) in [5.41, 5.74) is 5.68. The SMILES string of the molecule is Cc1nnc(N2N=C(c3cc(F)ccc3F)SC2CCCN)o1. The van der Waals surface area contributed by atoms with Crippen molar-refractivity contribution in [2.45, 2.75) is 25.1 Å². The van der Waals surface area contributed by atoms with E-state index in [9.17, 15) is 8.78 Å². The summed E-state index contributed by atoms with van der Waals surface area (Å²) in [5, 5.41) is 13.8. The van der Waals surface area contributed by atoms with Crippen LogP contribution in [0.3, 0.4) is 0 Å². The Morgan fingerprint density at radius 2 is 2.17 bits per heavy atom. The van der Waals surface area contributed by atoms with Gasteiger partial charge in [-0.3, -0.25) is 0 Å². The largest absolute Gasteiger partial charge is 0.407 e. The van der Waals surface area contributed by atoms with Gasteiger partial charge in [-0.15, -0.1) is 5.10 Å². The molecule has 2 aromatic rings. The predicted octanol–water partition coefficient (Wildman–Crippen LogP) is 2.64. The van der Waals surface area contributed by atoms with Crippen molar-refractivity contribution in [1.29, 1.82) is 0 Å². The maximum atomic E-state index is 14.0. The average Bonchev–Trinajstić information content (AvgIpc) is 3.13. The number of hydrazone groups is 1. The van der Waals surface area contributed by atoms with Crippen LogP contribution in [-0.4, -0.2) is 27.2 Å². The molecular weight excluding hydrogens is 324 g/mol. The highest BCUT2D eigenvalue weighted by molar-refractivity contribution is 8.15. The van der Waals surface area contributed by atoms with E-state index in [2.05, 4.69) is 15.3 Å². The first-order valence-corrected chi connectivity index (χ1v) is 7.96. The van der Waals surface area contributed by atoms with Crippen LogP contribution in [0.4, 0.5) is 14.8 Å². The summed E-state index contributed by atoms with van der Waals surface area (Å²) in [6, 6.07) is 3.51. The molecule has 0 saturated heterocycles. The van der Waals surface area contributed by atoms with E-state index in [1.54, 1.807) is 11.9 Å². The molecule has 122 valence electrons. The molecule has 0 saturated carbocycles. The Bertz CT molecular complexity index is 736. The van der Waals surface area contributed by atoms with Crippen LogP contribution in [0.2, 0.25) is 0 Å². The normalized spacial score (nSPS) is 17.7. The molecule has 0 radical (unpaired) electrons. The fraction of sp³-hybridized carbons (Fsp3) is 0.357. The molecule has 1 aromatic heterocycles. The summed E-state index contributed by atoms with van der Waals surface area (Å²) in [7, 11) is 0. The van der Waals surface area contributed by atoms with Crippen molar-refractivity contribution >= 4 is 22.8 Å². The molecule has 2 heterocycles. The second kappa shape index (κ2) is 6.63. The Morgan fingerprint density at radius 1 is 1.35 bits per heavy atom. The van der Waals surface area contributed by atoms with Crippen molar-refractivity contribution in [2.75, 3.05) is 11.6 Å². The zero-order valence-electron chi connectivity index (χ0n) is 12.4. The molecule has 23 heavy (non-hydrogen) atoms. The Balaban J connectivity index is 1.93. The molecular formula is C14H15F2N5OS. The molecule has 0 fully saturated rings. The summed E-state index contributed by atoms with van der Waals surface area (Å²) < 4.78 is 32.8. The third-order valence-corrected chi connectivity index (χ3v) is 4.48. The van der Waals surface area contributed by atoms with Crippen molar-refractivity contribution in [3.8, 4) is 0 Å². The maximum Gasteiger partial charge on any atom is 0.340 e. The molecule has 0 aliphatic carbocycles. The molecule has 1 aliphatic heterocycles.